The normalized spacial score (nSPS) is 23.1. The van der Waals surface area contributed by atoms with Crippen molar-refractivity contribution in [3.05, 3.63) is 34.9 Å². The Morgan fingerprint density at radius 1 is 1.12 bits per heavy atom. The van der Waals surface area contributed by atoms with E-state index in [2.05, 4.69) is 39.0 Å². The van der Waals surface area contributed by atoms with Crippen LogP contribution in [0.25, 0.3) is 0 Å². The first-order valence-electron chi connectivity index (χ1n) is 7.30. The molecule has 0 radical (unpaired) electrons. The zero-order chi connectivity index (χ0) is 12.8. The van der Waals surface area contributed by atoms with Gasteiger partial charge in [0.05, 0.1) is 0 Å². The molecule has 1 saturated carbocycles. The molecule has 0 nitrogen and oxygen atoms in total. The lowest BCUT2D eigenvalue weighted by Crippen LogP contribution is -2.07. The van der Waals surface area contributed by atoms with Crippen LogP contribution in [0.2, 0.25) is 0 Å². The molecule has 1 aromatic rings. The number of hydrogen-bond acceptors (Lipinski definition) is 0. The van der Waals surface area contributed by atoms with E-state index in [0.29, 0.717) is 0 Å². The molecule has 0 amide bonds. The highest BCUT2D eigenvalue weighted by Crippen LogP contribution is 2.42. The Morgan fingerprint density at radius 3 is 2.47 bits per heavy atom. The number of aryl methyl sites for hydroxylation is 1. The number of benzene rings is 1. The minimum absolute atomic E-state index is 0.842. The molecule has 0 saturated heterocycles. The van der Waals surface area contributed by atoms with Crippen molar-refractivity contribution in [2.24, 2.45) is 5.92 Å². The summed E-state index contributed by atoms with van der Waals surface area (Å²) in [5.41, 5.74) is 4.61. The molecule has 0 bridgehead atoms. The van der Waals surface area contributed by atoms with E-state index >= 15 is 0 Å². The first kappa shape index (κ1) is 14.3. The van der Waals surface area contributed by atoms with Gasteiger partial charge in [0.1, 0.15) is 0 Å². The molecule has 0 heteroatoms. The molecule has 17 heavy (non-hydrogen) atoms. The zero-order valence-electron chi connectivity index (χ0n) is 12.2. The van der Waals surface area contributed by atoms with Crippen LogP contribution in [-0.2, 0) is 0 Å². The van der Waals surface area contributed by atoms with Crippen molar-refractivity contribution in [3.63, 3.8) is 0 Å². The van der Waals surface area contributed by atoms with E-state index in [0.717, 1.165) is 11.8 Å². The summed E-state index contributed by atoms with van der Waals surface area (Å²) in [6.07, 6.45) is 5.62. The Labute approximate surface area is 107 Å². The molecule has 1 aliphatic carbocycles. The Hall–Kier alpha value is -0.780. The van der Waals surface area contributed by atoms with Crippen molar-refractivity contribution in [2.45, 2.75) is 66.2 Å². The SMILES string of the molecule is CC.CC[C@H]1CCCC1c1cccc(C)c1C. The van der Waals surface area contributed by atoms with Crippen molar-refractivity contribution in [1.29, 1.82) is 0 Å². The maximum Gasteiger partial charge on any atom is -0.0131 e. The summed E-state index contributed by atoms with van der Waals surface area (Å²) in [4.78, 5) is 0. The fourth-order valence-electron chi connectivity index (χ4n) is 3.11. The maximum atomic E-state index is 2.35. The van der Waals surface area contributed by atoms with Gasteiger partial charge in [-0.15, -0.1) is 0 Å². The Morgan fingerprint density at radius 2 is 1.82 bits per heavy atom. The second-order valence-corrected chi connectivity index (χ2v) is 4.99. The minimum Gasteiger partial charge on any atom is -0.0683 e. The molecule has 0 spiro atoms. The first-order chi connectivity index (χ1) is 8.24. The third kappa shape index (κ3) is 3.12. The van der Waals surface area contributed by atoms with Gasteiger partial charge in [-0.1, -0.05) is 51.8 Å². The van der Waals surface area contributed by atoms with Crippen LogP contribution in [0.3, 0.4) is 0 Å². The van der Waals surface area contributed by atoms with E-state index in [9.17, 15) is 0 Å². The molecule has 96 valence electrons. The lowest BCUT2D eigenvalue weighted by molar-refractivity contribution is 0.468. The van der Waals surface area contributed by atoms with E-state index in [-0.39, 0.29) is 0 Å². The highest BCUT2D eigenvalue weighted by atomic mass is 14.3. The van der Waals surface area contributed by atoms with Gasteiger partial charge in [-0.25, -0.2) is 0 Å². The van der Waals surface area contributed by atoms with Gasteiger partial charge in [-0.05, 0) is 55.2 Å². The average molecular weight is 232 g/mol. The molecule has 1 aliphatic rings. The largest absolute Gasteiger partial charge is 0.0683 e. The maximum absolute atomic E-state index is 2.35. The number of rotatable bonds is 2. The van der Waals surface area contributed by atoms with E-state index in [1.54, 1.807) is 5.56 Å². The quantitative estimate of drug-likeness (QED) is 0.620. The highest BCUT2D eigenvalue weighted by Gasteiger charge is 2.28. The molecule has 0 heterocycles. The van der Waals surface area contributed by atoms with Gasteiger partial charge in [0.25, 0.3) is 0 Å². The molecule has 0 aliphatic heterocycles. The molecular formula is C17H28. The van der Waals surface area contributed by atoms with E-state index in [1.807, 2.05) is 13.8 Å². The van der Waals surface area contributed by atoms with E-state index in [1.165, 1.54) is 36.8 Å². The van der Waals surface area contributed by atoms with Crippen LogP contribution >= 0.6 is 0 Å². The van der Waals surface area contributed by atoms with Gasteiger partial charge in [0.15, 0.2) is 0 Å². The van der Waals surface area contributed by atoms with Crippen molar-refractivity contribution < 1.29 is 0 Å². The van der Waals surface area contributed by atoms with Crippen LogP contribution in [-0.4, -0.2) is 0 Å². The smallest absolute Gasteiger partial charge is 0.0131 e. The van der Waals surface area contributed by atoms with Crippen molar-refractivity contribution in [3.8, 4) is 0 Å². The van der Waals surface area contributed by atoms with E-state index < -0.39 is 0 Å². The lowest BCUT2D eigenvalue weighted by Gasteiger charge is -2.21. The second kappa shape index (κ2) is 6.83. The van der Waals surface area contributed by atoms with Gasteiger partial charge >= 0.3 is 0 Å². The predicted octanol–water partition coefficient (Wildman–Crippen LogP) is 5.62. The highest BCUT2D eigenvalue weighted by molar-refractivity contribution is 5.36. The molecule has 1 aromatic carbocycles. The zero-order valence-corrected chi connectivity index (χ0v) is 12.2. The summed E-state index contributed by atoms with van der Waals surface area (Å²) < 4.78 is 0. The summed E-state index contributed by atoms with van der Waals surface area (Å²) in [5, 5.41) is 0. The van der Waals surface area contributed by atoms with Crippen molar-refractivity contribution in [1.82, 2.24) is 0 Å². The Kier molecular flexibility index (Phi) is 5.74. The molecule has 1 unspecified atom stereocenters. The van der Waals surface area contributed by atoms with Crippen LogP contribution in [0, 0.1) is 19.8 Å². The summed E-state index contributed by atoms with van der Waals surface area (Å²) in [6, 6.07) is 6.80. The molecule has 0 aromatic heterocycles. The summed E-state index contributed by atoms with van der Waals surface area (Å²) in [6.45, 7) is 10.9. The Balaban J connectivity index is 0.000000686. The lowest BCUT2D eigenvalue weighted by atomic mass is 9.84. The predicted molar refractivity (Wildman–Crippen MR) is 77.6 cm³/mol. The van der Waals surface area contributed by atoms with Crippen LogP contribution in [0.5, 0.6) is 0 Å². The monoisotopic (exact) mass is 232 g/mol. The third-order valence-corrected chi connectivity index (χ3v) is 4.23. The van der Waals surface area contributed by atoms with Gasteiger partial charge < -0.3 is 0 Å². The van der Waals surface area contributed by atoms with E-state index in [4.69, 9.17) is 0 Å². The third-order valence-electron chi connectivity index (χ3n) is 4.23. The molecule has 2 atom stereocenters. The molecule has 2 rings (SSSR count). The molecule has 0 N–H and O–H groups in total. The van der Waals surface area contributed by atoms with Crippen LogP contribution in [0.4, 0.5) is 0 Å². The van der Waals surface area contributed by atoms with Crippen molar-refractivity contribution in [2.75, 3.05) is 0 Å². The fraction of sp³-hybridized carbons (Fsp3) is 0.647. The van der Waals surface area contributed by atoms with Gasteiger partial charge in [0.2, 0.25) is 0 Å². The first-order valence-corrected chi connectivity index (χ1v) is 7.30. The summed E-state index contributed by atoms with van der Waals surface area (Å²) in [7, 11) is 0. The fourth-order valence-corrected chi connectivity index (χ4v) is 3.11. The summed E-state index contributed by atoms with van der Waals surface area (Å²) >= 11 is 0. The molecular weight excluding hydrogens is 204 g/mol. The second-order valence-electron chi connectivity index (χ2n) is 4.99. The summed E-state index contributed by atoms with van der Waals surface area (Å²) in [5.74, 6) is 1.78. The van der Waals surface area contributed by atoms with Crippen molar-refractivity contribution >= 4 is 0 Å². The average Bonchev–Trinajstić information content (AvgIpc) is 2.83. The van der Waals surface area contributed by atoms with Gasteiger partial charge in [-0.2, -0.15) is 0 Å². The van der Waals surface area contributed by atoms with Crippen LogP contribution < -0.4 is 0 Å². The number of hydrogen-bond donors (Lipinski definition) is 0. The minimum atomic E-state index is 0.842. The topological polar surface area (TPSA) is 0 Å². The molecule has 1 fully saturated rings. The van der Waals surface area contributed by atoms with Gasteiger partial charge in [0, 0.05) is 0 Å². The van der Waals surface area contributed by atoms with Crippen LogP contribution in [0.15, 0.2) is 18.2 Å². The standard InChI is InChI=1S/C15H22.C2H6/c1-4-13-8-6-10-15(13)14-9-5-7-11(2)12(14)3;1-2/h5,7,9,13,15H,4,6,8,10H2,1-3H3;1-2H3/t13-,15?;/m0./s1. The Bertz CT molecular complexity index is 338. The van der Waals surface area contributed by atoms with Crippen LogP contribution in [0.1, 0.15) is 69.1 Å². The van der Waals surface area contributed by atoms with Gasteiger partial charge in [-0.3, -0.25) is 0 Å².